The van der Waals surface area contributed by atoms with Crippen LogP contribution in [0.5, 0.6) is 0 Å². The number of halogens is 2. The van der Waals surface area contributed by atoms with Crippen molar-refractivity contribution in [2.75, 3.05) is 6.54 Å². The standard InChI is InChI=1S/C25H20BrFN2O5S/c26-18-8-6-16(7-9-18)23(30)21-22(17-2-1-3-19(27)14-17)29(25(32)24(21)31)13-12-15-4-10-20(11-5-15)35(28,33)34/h1-11,14,22,30H,12-13H2,(H2,28,33,34). The number of likely N-dealkylation sites (tertiary alicyclic amines) is 1. The van der Waals surface area contributed by atoms with Gasteiger partial charge in [-0.3, -0.25) is 9.59 Å². The van der Waals surface area contributed by atoms with E-state index in [0.29, 0.717) is 16.7 Å². The van der Waals surface area contributed by atoms with E-state index in [1.165, 1.54) is 35.2 Å². The molecule has 0 radical (unpaired) electrons. The van der Waals surface area contributed by atoms with Crippen molar-refractivity contribution in [1.82, 2.24) is 4.90 Å². The summed E-state index contributed by atoms with van der Waals surface area (Å²) in [7, 11) is -3.84. The molecule has 1 aliphatic heterocycles. The first-order valence-corrected chi connectivity index (χ1v) is 12.8. The number of sulfonamides is 1. The molecule has 180 valence electrons. The lowest BCUT2D eigenvalue weighted by molar-refractivity contribution is -0.139. The topological polar surface area (TPSA) is 118 Å². The largest absolute Gasteiger partial charge is 0.507 e. The fourth-order valence-electron chi connectivity index (χ4n) is 3.99. The summed E-state index contributed by atoms with van der Waals surface area (Å²) in [5, 5.41) is 16.1. The molecule has 4 rings (SSSR count). The van der Waals surface area contributed by atoms with Gasteiger partial charge in [0, 0.05) is 16.6 Å². The Morgan fingerprint density at radius 1 is 1.03 bits per heavy atom. The lowest BCUT2D eigenvalue weighted by Gasteiger charge is -2.25. The molecular weight excluding hydrogens is 539 g/mol. The zero-order valence-electron chi connectivity index (χ0n) is 18.2. The number of carbonyl (C=O) groups is 2. The van der Waals surface area contributed by atoms with Crippen LogP contribution in [0.2, 0.25) is 0 Å². The predicted molar refractivity (Wildman–Crippen MR) is 131 cm³/mol. The van der Waals surface area contributed by atoms with Crippen LogP contribution in [0.4, 0.5) is 4.39 Å². The van der Waals surface area contributed by atoms with Crippen molar-refractivity contribution in [2.45, 2.75) is 17.4 Å². The van der Waals surface area contributed by atoms with E-state index in [4.69, 9.17) is 5.14 Å². The Bertz CT molecular complexity index is 1440. The summed E-state index contributed by atoms with van der Waals surface area (Å²) in [6, 6.07) is 16.9. The Kier molecular flexibility index (Phi) is 6.88. The van der Waals surface area contributed by atoms with Crippen molar-refractivity contribution in [3.8, 4) is 0 Å². The van der Waals surface area contributed by atoms with Crippen molar-refractivity contribution < 1.29 is 27.5 Å². The fraction of sp³-hybridized carbons (Fsp3) is 0.120. The van der Waals surface area contributed by atoms with E-state index in [1.54, 1.807) is 42.5 Å². The van der Waals surface area contributed by atoms with Crippen LogP contribution in [0.15, 0.2) is 87.7 Å². The van der Waals surface area contributed by atoms with Crippen LogP contribution in [0, 0.1) is 5.82 Å². The van der Waals surface area contributed by atoms with Gasteiger partial charge in [0.1, 0.15) is 11.6 Å². The second-order valence-corrected chi connectivity index (χ2v) is 10.5. The summed E-state index contributed by atoms with van der Waals surface area (Å²) in [4.78, 5) is 27.3. The summed E-state index contributed by atoms with van der Waals surface area (Å²) in [6.07, 6.45) is 0.280. The second-order valence-electron chi connectivity index (χ2n) is 7.99. The van der Waals surface area contributed by atoms with Crippen molar-refractivity contribution in [3.63, 3.8) is 0 Å². The Labute approximate surface area is 209 Å². The van der Waals surface area contributed by atoms with Crippen LogP contribution >= 0.6 is 15.9 Å². The first-order valence-electron chi connectivity index (χ1n) is 10.5. The van der Waals surface area contributed by atoms with Gasteiger partial charge < -0.3 is 10.0 Å². The summed E-state index contributed by atoms with van der Waals surface area (Å²) in [5.41, 5.74) is 1.25. The molecule has 1 fully saturated rings. The number of nitrogens with two attached hydrogens (primary N) is 1. The van der Waals surface area contributed by atoms with E-state index in [0.717, 1.165) is 4.47 Å². The van der Waals surface area contributed by atoms with Gasteiger partial charge in [-0.1, -0.05) is 52.3 Å². The van der Waals surface area contributed by atoms with E-state index in [-0.39, 0.29) is 29.2 Å². The van der Waals surface area contributed by atoms with E-state index in [2.05, 4.69) is 15.9 Å². The number of benzene rings is 3. The third-order valence-electron chi connectivity index (χ3n) is 5.72. The molecule has 1 unspecified atom stereocenters. The highest BCUT2D eigenvalue weighted by atomic mass is 79.9. The lowest BCUT2D eigenvalue weighted by Crippen LogP contribution is -2.31. The molecule has 0 bridgehead atoms. The minimum Gasteiger partial charge on any atom is -0.507 e. The average molecular weight is 559 g/mol. The maximum absolute atomic E-state index is 14.1. The molecule has 0 aliphatic carbocycles. The normalized spacial score (nSPS) is 17.7. The molecule has 0 spiro atoms. The summed E-state index contributed by atoms with van der Waals surface area (Å²) >= 11 is 3.31. The number of aliphatic hydroxyl groups excluding tert-OH is 1. The molecule has 10 heteroatoms. The van der Waals surface area contributed by atoms with Crippen molar-refractivity contribution in [1.29, 1.82) is 0 Å². The highest BCUT2D eigenvalue weighted by Gasteiger charge is 2.45. The zero-order valence-corrected chi connectivity index (χ0v) is 20.6. The number of primary sulfonamides is 1. The first kappa shape index (κ1) is 24.8. The Morgan fingerprint density at radius 3 is 2.29 bits per heavy atom. The van der Waals surface area contributed by atoms with Crippen LogP contribution in [0.1, 0.15) is 22.7 Å². The van der Waals surface area contributed by atoms with Crippen LogP contribution in [0.3, 0.4) is 0 Å². The predicted octanol–water partition coefficient (Wildman–Crippen LogP) is 3.90. The molecule has 3 aromatic carbocycles. The SMILES string of the molecule is NS(=O)(=O)c1ccc(CCN2C(=O)C(=O)C(=C(O)c3ccc(Br)cc3)C2c2cccc(F)c2)cc1. The van der Waals surface area contributed by atoms with Crippen molar-refractivity contribution in [3.05, 3.63) is 105 Å². The molecule has 1 atom stereocenters. The Balaban J connectivity index is 1.73. The van der Waals surface area contributed by atoms with Crippen molar-refractivity contribution >= 4 is 43.4 Å². The molecule has 1 aliphatic rings. The highest BCUT2D eigenvalue weighted by molar-refractivity contribution is 9.10. The Morgan fingerprint density at radius 2 is 1.69 bits per heavy atom. The minimum absolute atomic E-state index is 0.0454. The summed E-state index contributed by atoms with van der Waals surface area (Å²) < 4.78 is 37.8. The van der Waals surface area contributed by atoms with E-state index >= 15 is 0 Å². The number of amides is 1. The molecule has 35 heavy (non-hydrogen) atoms. The first-order chi connectivity index (χ1) is 16.6. The average Bonchev–Trinajstić information content (AvgIpc) is 3.07. The molecular formula is C25H20BrFN2O5S. The number of hydrogen-bond acceptors (Lipinski definition) is 5. The molecule has 1 heterocycles. The van der Waals surface area contributed by atoms with Crippen LogP contribution in [0.25, 0.3) is 5.76 Å². The number of ketones is 1. The lowest BCUT2D eigenvalue weighted by atomic mass is 9.95. The van der Waals surface area contributed by atoms with Crippen molar-refractivity contribution in [2.24, 2.45) is 5.14 Å². The summed E-state index contributed by atoms with van der Waals surface area (Å²) in [6.45, 7) is 0.0671. The van der Waals surface area contributed by atoms with E-state index in [1.807, 2.05) is 0 Å². The van der Waals surface area contributed by atoms with Gasteiger partial charge in [-0.2, -0.15) is 0 Å². The number of rotatable bonds is 6. The van der Waals surface area contributed by atoms with Gasteiger partial charge in [-0.15, -0.1) is 0 Å². The highest BCUT2D eigenvalue weighted by Crippen LogP contribution is 2.39. The van der Waals surface area contributed by atoms with Gasteiger partial charge in [0.05, 0.1) is 16.5 Å². The van der Waals surface area contributed by atoms with Gasteiger partial charge in [-0.25, -0.2) is 17.9 Å². The molecule has 1 amide bonds. The molecule has 0 saturated carbocycles. The number of Topliss-reactive ketones (excluding diaryl/α,β-unsaturated/α-hetero) is 1. The van der Waals surface area contributed by atoms with Crippen LogP contribution in [-0.2, 0) is 26.0 Å². The van der Waals surface area contributed by atoms with Crippen LogP contribution in [-0.4, -0.2) is 36.7 Å². The molecule has 3 N–H and O–H groups in total. The number of nitrogens with zero attached hydrogens (tertiary/aromatic N) is 1. The third-order valence-corrected chi connectivity index (χ3v) is 7.17. The van der Waals surface area contributed by atoms with Gasteiger partial charge in [-0.05, 0) is 53.9 Å². The fourth-order valence-corrected chi connectivity index (χ4v) is 4.77. The maximum atomic E-state index is 14.1. The summed E-state index contributed by atoms with van der Waals surface area (Å²) in [5.74, 6) is -2.59. The monoisotopic (exact) mass is 558 g/mol. The number of hydrogen-bond donors (Lipinski definition) is 2. The molecule has 0 aromatic heterocycles. The number of aliphatic hydroxyl groups is 1. The molecule has 7 nitrogen and oxygen atoms in total. The van der Waals surface area contributed by atoms with Gasteiger partial charge >= 0.3 is 0 Å². The van der Waals surface area contributed by atoms with Gasteiger partial charge in [0.25, 0.3) is 11.7 Å². The van der Waals surface area contributed by atoms with Gasteiger partial charge in [0.15, 0.2) is 0 Å². The maximum Gasteiger partial charge on any atom is 0.295 e. The smallest absolute Gasteiger partial charge is 0.295 e. The molecule has 1 saturated heterocycles. The third kappa shape index (κ3) is 5.19. The second kappa shape index (κ2) is 9.73. The van der Waals surface area contributed by atoms with E-state index in [9.17, 15) is 27.5 Å². The quantitative estimate of drug-likeness (QED) is 0.270. The minimum atomic E-state index is -3.84. The zero-order chi connectivity index (χ0) is 25.3. The van der Waals surface area contributed by atoms with Gasteiger partial charge in [0.2, 0.25) is 10.0 Å². The van der Waals surface area contributed by atoms with E-state index < -0.39 is 33.6 Å². The molecule has 3 aromatic rings. The Hall–Kier alpha value is -3.34. The van der Waals surface area contributed by atoms with Crippen LogP contribution < -0.4 is 5.14 Å². The number of carbonyl (C=O) groups excluding carboxylic acids is 2.